The van der Waals surface area contributed by atoms with Gasteiger partial charge in [-0.25, -0.2) is 9.59 Å². The molecule has 1 aliphatic heterocycles. The van der Waals surface area contributed by atoms with Crippen molar-refractivity contribution >= 4 is 37.1 Å². The summed E-state index contributed by atoms with van der Waals surface area (Å²) >= 11 is 0. The minimum atomic E-state index is -1.21. The molecule has 6 atom stereocenters. The molecule has 0 saturated carbocycles. The molecule has 12 nitrogen and oxygen atoms in total. The van der Waals surface area contributed by atoms with Crippen LogP contribution >= 0.6 is 0 Å². The summed E-state index contributed by atoms with van der Waals surface area (Å²) < 4.78 is 16.3. The number of hydrogen-bond acceptors (Lipinski definition) is 8. The van der Waals surface area contributed by atoms with Crippen LogP contribution in [0, 0.1) is 11.8 Å². The second-order valence-electron chi connectivity index (χ2n) is 12.9. The second kappa shape index (κ2) is 17.8. The molecular weight excluding hydrogens is 579 g/mol. The third-order valence-corrected chi connectivity index (χ3v) is 7.25. The lowest BCUT2D eigenvalue weighted by atomic mass is 9.74. The Bertz CT molecular complexity index is 1140. The quantitative estimate of drug-likeness (QED) is 0.160. The van der Waals surface area contributed by atoms with Gasteiger partial charge in [-0.15, -0.1) is 0 Å². The highest BCUT2D eigenvalue weighted by Crippen LogP contribution is 2.23. The molecule has 1 aliphatic rings. The third-order valence-electron chi connectivity index (χ3n) is 7.25. The van der Waals surface area contributed by atoms with Crippen LogP contribution in [0.25, 0.3) is 0 Å². The molecule has 0 bridgehead atoms. The van der Waals surface area contributed by atoms with Crippen molar-refractivity contribution in [3.05, 3.63) is 35.9 Å². The Labute approximate surface area is 267 Å². The van der Waals surface area contributed by atoms with E-state index in [1.54, 1.807) is 19.1 Å². The number of ether oxygens (including phenoxy) is 3. The maximum Gasteiger partial charge on any atom is 0.408 e. The molecule has 1 fully saturated rings. The average Bonchev–Trinajstić information content (AvgIpc) is 3.31. The van der Waals surface area contributed by atoms with Crippen molar-refractivity contribution < 1.29 is 38.2 Å². The van der Waals surface area contributed by atoms with Crippen LogP contribution in [-0.2, 0) is 40.0 Å². The molecule has 0 aromatic heterocycles. The summed E-state index contributed by atoms with van der Waals surface area (Å²) in [5.74, 6) is -2.65. The highest BCUT2D eigenvalue weighted by Gasteiger charge is 2.38. The number of methoxy groups -OCH3 is 1. The van der Waals surface area contributed by atoms with E-state index in [9.17, 15) is 24.0 Å². The number of benzene rings is 1. The van der Waals surface area contributed by atoms with Gasteiger partial charge in [0.2, 0.25) is 17.7 Å². The van der Waals surface area contributed by atoms with Gasteiger partial charge in [0.25, 0.3) is 0 Å². The summed E-state index contributed by atoms with van der Waals surface area (Å²) in [6, 6.07) is 5.70. The van der Waals surface area contributed by atoms with Crippen LogP contribution in [0.15, 0.2) is 30.3 Å². The molecule has 13 heteroatoms. The molecule has 4 amide bonds. The fourth-order valence-electron chi connectivity index (χ4n) is 5.26. The lowest BCUT2D eigenvalue weighted by molar-refractivity contribution is -0.146. The Morgan fingerprint density at radius 1 is 1.00 bits per heavy atom. The molecule has 1 heterocycles. The first-order valence-electron chi connectivity index (χ1n) is 15.5. The average molecular weight is 630 g/mol. The molecule has 45 heavy (non-hydrogen) atoms. The minimum absolute atomic E-state index is 0.000712. The molecule has 2 rings (SSSR count). The maximum atomic E-state index is 13.7. The Balaban J connectivity index is 2.20. The summed E-state index contributed by atoms with van der Waals surface area (Å²) in [5, 5.41) is 11.0. The van der Waals surface area contributed by atoms with Gasteiger partial charge in [-0.2, -0.15) is 0 Å². The van der Waals surface area contributed by atoms with Crippen LogP contribution in [0.3, 0.4) is 0 Å². The zero-order valence-corrected chi connectivity index (χ0v) is 27.8. The molecule has 2 unspecified atom stereocenters. The summed E-state index contributed by atoms with van der Waals surface area (Å²) in [5.41, 5.74) is 0.132. The predicted molar refractivity (Wildman–Crippen MR) is 170 cm³/mol. The van der Waals surface area contributed by atoms with Gasteiger partial charge in [0, 0.05) is 12.0 Å². The summed E-state index contributed by atoms with van der Waals surface area (Å²) in [6.45, 7) is 12.8. The molecule has 4 N–H and O–H groups in total. The molecule has 0 aliphatic carbocycles. The summed E-state index contributed by atoms with van der Waals surface area (Å²) in [6.07, 6.45) is -0.101. The largest absolute Gasteiger partial charge is 0.467 e. The highest BCUT2D eigenvalue weighted by atomic mass is 16.6. The Morgan fingerprint density at radius 3 is 2.22 bits per heavy atom. The summed E-state index contributed by atoms with van der Waals surface area (Å²) in [4.78, 5) is 65.3. The van der Waals surface area contributed by atoms with E-state index in [4.69, 9.17) is 14.2 Å². The monoisotopic (exact) mass is 629 g/mol. The minimum Gasteiger partial charge on any atom is -0.467 e. The molecule has 1 aromatic carbocycles. The van der Waals surface area contributed by atoms with E-state index in [0.29, 0.717) is 12.7 Å². The third kappa shape index (κ3) is 13.1. The number of rotatable bonds is 16. The number of carbonyl (C=O) groups is 5. The first-order chi connectivity index (χ1) is 21.1. The number of nitrogens with one attached hydrogen (secondary N) is 4. The zero-order chi connectivity index (χ0) is 33.7. The van der Waals surface area contributed by atoms with Gasteiger partial charge in [-0.3, -0.25) is 14.4 Å². The van der Waals surface area contributed by atoms with Crippen molar-refractivity contribution in [2.75, 3.05) is 7.11 Å². The first-order valence-corrected chi connectivity index (χ1v) is 15.5. The lowest BCUT2D eigenvalue weighted by Gasteiger charge is -2.32. The van der Waals surface area contributed by atoms with Crippen LogP contribution in [-0.4, -0.2) is 80.0 Å². The van der Waals surface area contributed by atoms with Gasteiger partial charge in [0.05, 0.1) is 18.8 Å². The Hall–Kier alpha value is -3.61. The lowest BCUT2D eigenvalue weighted by Crippen LogP contribution is -2.59. The number of hydrogen-bond donors (Lipinski definition) is 4. The van der Waals surface area contributed by atoms with Crippen molar-refractivity contribution in [1.82, 2.24) is 21.3 Å². The van der Waals surface area contributed by atoms with Crippen LogP contribution in [0.1, 0.15) is 66.4 Å². The van der Waals surface area contributed by atoms with Crippen LogP contribution < -0.4 is 21.3 Å². The van der Waals surface area contributed by atoms with E-state index in [1.807, 2.05) is 66.9 Å². The van der Waals surface area contributed by atoms with Gasteiger partial charge in [0.15, 0.2) is 0 Å². The highest BCUT2D eigenvalue weighted by molar-refractivity contribution is 6.33. The molecule has 249 valence electrons. The van der Waals surface area contributed by atoms with Gasteiger partial charge in [0.1, 0.15) is 32.0 Å². The van der Waals surface area contributed by atoms with E-state index >= 15 is 0 Å². The van der Waals surface area contributed by atoms with Crippen molar-refractivity contribution in [2.24, 2.45) is 11.8 Å². The van der Waals surface area contributed by atoms with Gasteiger partial charge < -0.3 is 35.5 Å². The second-order valence-corrected chi connectivity index (χ2v) is 12.9. The normalized spacial score (nSPS) is 19.0. The molecule has 1 saturated heterocycles. The first kappa shape index (κ1) is 37.6. The molecule has 1 radical (unpaired) electrons. The van der Waals surface area contributed by atoms with E-state index in [-0.39, 0.29) is 37.3 Å². The smallest absolute Gasteiger partial charge is 0.408 e. The topological polar surface area (TPSA) is 161 Å². The van der Waals surface area contributed by atoms with Gasteiger partial charge in [-0.1, -0.05) is 57.3 Å². The number of amides is 4. The fraction of sp³-hybridized carbons (Fsp3) is 0.656. The van der Waals surface area contributed by atoms with Crippen molar-refractivity contribution in [3.8, 4) is 0 Å². The molecule has 1 aromatic rings. The zero-order valence-electron chi connectivity index (χ0n) is 27.8. The maximum absolute atomic E-state index is 13.7. The molecule has 0 spiro atoms. The van der Waals surface area contributed by atoms with Gasteiger partial charge >= 0.3 is 12.1 Å². The van der Waals surface area contributed by atoms with E-state index in [2.05, 4.69) is 21.3 Å². The number of alkyl carbamates (subject to hydrolysis) is 1. The van der Waals surface area contributed by atoms with Crippen LogP contribution in [0.2, 0.25) is 13.1 Å². The summed E-state index contributed by atoms with van der Waals surface area (Å²) in [7, 11) is 3.17. The number of carbonyl (C=O) groups excluding carboxylic acids is 5. The molecular formula is C32H50BN4O8. The Kier molecular flexibility index (Phi) is 14.8. The van der Waals surface area contributed by atoms with Crippen LogP contribution in [0.5, 0.6) is 0 Å². The Morgan fingerprint density at radius 2 is 1.64 bits per heavy atom. The van der Waals surface area contributed by atoms with E-state index in [1.165, 1.54) is 7.11 Å². The van der Waals surface area contributed by atoms with Gasteiger partial charge in [-0.05, 0) is 58.4 Å². The predicted octanol–water partition coefficient (Wildman–Crippen LogP) is 2.74. The number of esters is 1. The van der Waals surface area contributed by atoms with Crippen molar-refractivity contribution in [2.45, 2.75) is 116 Å². The van der Waals surface area contributed by atoms with E-state index < -0.39 is 59.6 Å². The van der Waals surface area contributed by atoms with Crippen LogP contribution in [0.4, 0.5) is 4.79 Å². The standard InChI is InChI=1S/C32H50BN4O8/c1-19(2)14-24(28(39)36-25(30(41)43-8)16-22-15-23(17-33-7)34-27(22)38)35-29(40)26(20(3)45-32(4,5)6)37-31(42)44-18-21-12-10-9-11-13-21/h9-13,19-20,22-26H,14-18H2,1-8H3,(H,34,38)(H,35,40)(H,36,39)(H,37,42)/t20?,22-,23?,24-,25-,26-/m0/s1. The van der Waals surface area contributed by atoms with Crippen molar-refractivity contribution in [1.29, 1.82) is 0 Å². The van der Waals surface area contributed by atoms with E-state index in [0.717, 1.165) is 5.56 Å². The SMILES string of the molecule is C[B]CC1C[C@@H](C[C@H](NC(=O)[C@H](CC(C)C)NC(=O)[C@@H](NC(=O)OCc2ccccc2)C(C)OC(C)(C)C)C(=O)OC)C(=O)N1. The fourth-order valence-corrected chi connectivity index (χ4v) is 5.26. The van der Waals surface area contributed by atoms with Crippen molar-refractivity contribution in [3.63, 3.8) is 0 Å².